The first-order chi connectivity index (χ1) is 6.99. The molecule has 0 aliphatic heterocycles. The molecule has 15 heavy (non-hydrogen) atoms. The lowest BCUT2D eigenvalue weighted by Crippen LogP contribution is -2.13. The molecule has 0 spiro atoms. The van der Waals surface area contributed by atoms with E-state index in [-0.39, 0.29) is 17.5 Å². The van der Waals surface area contributed by atoms with Crippen LogP contribution in [0.4, 0.5) is 8.78 Å². The molecule has 1 aromatic rings. The maximum Gasteiger partial charge on any atom is 0.311 e. The van der Waals surface area contributed by atoms with Crippen LogP contribution in [0, 0.1) is 18.6 Å². The van der Waals surface area contributed by atoms with Gasteiger partial charge in [0.15, 0.2) is 11.6 Å². The van der Waals surface area contributed by atoms with Gasteiger partial charge >= 0.3 is 5.97 Å². The lowest BCUT2D eigenvalue weighted by molar-refractivity contribution is -0.138. The van der Waals surface area contributed by atoms with Crippen molar-refractivity contribution in [3.05, 3.63) is 34.9 Å². The summed E-state index contributed by atoms with van der Waals surface area (Å²) in [6.07, 6.45) is 0.231. The largest absolute Gasteiger partial charge is 0.481 e. The van der Waals surface area contributed by atoms with Gasteiger partial charge in [0, 0.05) is 5.56 Å². The van der Waals surface area contributed by atoms with Crippen molar-refractivity contribution < 1.29 is 18.7 Å². The molecule has 1 atom stereocenters. The molecule has 1 rings (SSSR count). The van der Waals surface area contributed by atoms with Crippen LogP contribution in [0.15, 0.2) is 12.1 Å². The fraction of sp³-hybridized carbons (Fsp3) is 0.364. The van der Waals surface area contributed by atoms with Crippen LogP contribution in [-0.4, -0.2) is 11.1 Å². The standard InChI is InChI=1S/C11H12F2O2/c1-3-7(11(14)15)8-5-4-6(2)9(12)10(8)13/h4-5,7H,3H2,1-2H3,(H,14,15). The van der Waals surface area contributed by atoms with E-state index in [1.165, 1.54) is 19.1 Å². The van der Waals surface area contributed by atoms with Gasteiger partial charge in [0.25, 0.3) is 0 Å². The monoisotopic (exact) mass is 214 g/mol. The Balaban J connectivity index is 3.25. The van der Waals surface area contributed by atoms with Crippen LogP contribution in [0.2, 0.25) is 0 Å². The maximum atomic E-state index is 13.4. The number of hydrogen-bond donors (Lipinski definition) is 1. The fourth-order valence-electron chi connectivity index (χ4n) is 1.46. The molecule has 0 fully saturated rings. The number of rotatable bonds is 3. The van der Waals surface area contributed by atoms with E-state index < -0.39 is 23.5 Å². The molecule has 1 aromatic carbocycles. The molecular formula is C11H12F2O2. The quantitative estimate of drug-likeness (QED) is 0.840. The van der Waals surface area contributed by atoms with Crippen LogP contribution < -0.4 is 0 Å². The first-order valence-corrected chi connectivity index (χ1v) is 4.66. The molecule has 2 nitrogen and oxygen atoms in total. The number of benzene rings is 1. The van der Waals surface area contributed by atoms with E-state index in [0.29, 0.717) is 0 Å². The maximum absolute atomic E-state index is 13.4. The summed E-state index contributed by atoms with van der Waals surface area (Å²) >= 11 is 0. The van der Waals surface area contributed by atoms with E-state index in [0.717, 1.165) is 0 Å². The van der Waals surface area contributed by atoms with Crippen molar-refractivity contribution in [2.24, 2.45) is 0 Å². The van der Waals surface area contributed by atoms with Gasteiger partial charge in [0.05, 0.1) is 5.92 Å². The minimum atomic E-state index is -1.14. The molecule has 0 amide bonds. The lowest BCUT2D eigenvalue weighted by Gasteiger charge is -2.12. The molecule has 4 heteroatoms. The summed E-state index contributed by atoms with van der Waals surface area (Å²) in [5, 5.41) is 8.82. The molecule has 0 aliphatic carbocycles. The molecule has 0 saturated heterocycles. The number of carboxylic acids is 1. The summed E-state index contributed by atoms with van der Waals surface area (Å²) in [5.41, 5.74) is 0.0876. The van der Waals surface area contributed by atoms with Gasteiger partial charge in [0.1, 0.15) is 0 Å². The van der Waals surface area contributed by atoms with E-state index in [1.54, 1.807) is 6.92 Å². The Morgan fingerprint density at radius 1 is 1.40 bits per heavy atom. The van der Waals surface area contributed by atoms with Gasteiger partial charge in [-0.15, -0.1) is 0 Å². The third-order valence-corrected chi connectivity index (χ3v) is 2.39. The first-order valence-electron chi connectivity index (χ1n) is 4.66. The molecule has 0 aromatic heterocycles. The Morgan fingerprint density at radius 3 is 2.47 bits per heavy atom. The van der Waals surface area contributed by atoms with Gasteiger partial charge in [-0.05, 0) is 18.9 Å². The highest BCUT2D eigenvalue weighted by molar-refractivity contribution is 5.76. The Labute approximate surface area is 86.5 Å². The van der Waals surface area contributed by atoms with Crippen LogP contribution in [0.3, 0.4) is 0 Å². The second-order valence-electron chi connectivity index (χ2n) is 3.40. The van der Waals surface area contributed by atoms with E-state index >= 15 is 0 Å². The van der Waals surface area contributed by atoms with Crippen LogP contribution in [0.5, 0.6) is 0 Å². The summed E-state index contributed by atoms with van der Waals surface area (Å²) in [5.74, 6) is -4.14. The average molecular weight is 214 g/mol. The predicted molar refractivity (Wildman–Crippen MR) is 51.8 cm³/mol. The second-order valence-corrected chi connectivity index (χ2v) is 3.40. The number of carbonyl (C=O) groups is 1. The van der Waals surface area contributed by atoms with E-state index in [4.69, 9.17) is 5.11 Å². The number of halogens is 2. The molecule has 82 valence electrons. The van der Waals surface area contributed by atoms with E-state index in [2.05, 4.69) is 0 Å². The fourth-order valence-corrected chi connectivity index (χ4v) is 1.46. The topological polar surface area (TPSA) is 37.3 Å². The summed E-state index contributed by atoms with van der Waals surface area (Å²) in [7, 11) is 0. The smallest absolute Gasteiger partial charge is 0.311 e. The van der Waals surface area contributed by atoms with Crippen LogP contribution in [-0.2, 0) is 4.79 Å². The van der Waals surface area contributed by atoms with Gasteiger partial charge in [-0.3, -0.25) is 4.79 Å². The summed E-state index contributed by atoms with van der Waals surface area (Å²) in [4.78, 5) is 10.8. The summed E-state index contributed by atoms with van der Waals surface area (Å²) in [6.45, 7) is 3.06. The molecule has 0 heterocycles. The summed E-state index contributed by atoms with van der Waals surface area (Å²) in [6, 6.07) is 2.72. The highest BCUT2D eigenvalue weighted by Gasteiger charge is 2.23. The van der Waals surface area contributed by atoms with Crippen molar-refractivity contribution >= 4 is 5.97 Å². The molecule has 0 bridgehead atoms. The Morgan fingerprint density at radius 2 is 2.00 bits per heavy atom. The van der Waals surface area contributed by atoms with Crippen LogP contribution in [0.25, 0.3) is 0 Å². The molecule has 0 aliphatic rings. The Bertz CT molecular complexity index is 388. The number of aliphatic carboxylic acids is 1. The van der Waals surface area contributed by atoms with Crippen molar-refractivity contribution in [3.63, 3.8) is 0 Å². The van der Waals surface area contributed by atoms with Crippen molar-refractivity contribution in [2.45, 2.75) is 26.2 Å². The van der Waals surface area contributed by atoms with Crippen LogP contribution in [0.1, 0.15) is 30.4 Å². The summed E-state index contributed by atoms with van der Waals surface area (Å²) < 4.78 is 26.6. The third-order valence-electron chi connectivity index (χ3n) is 2.39. The normalized spacial score (nSPS) is 12.5. The second kappa shape index (κ2) is 4.38. The minimum absolute atomic E-state index is 0.0897. The zero-order valence-corrected chi connectivity index (χ0v) is 8.55. The Hall–Kier alpha value is -1.45. The van der Waals surface area contributed by atoms with Crippen molar-refractivity contribution in [2.75, 3.05) is 0 Å². The van der Waals surface area contributed by atoms with Crippen molar-refractivity contribution in [1.82, 2.24) is 0 Å². The molecule has 1 N–H and O–H groups in total. The third kappa shape index (κ3) is 2.14. The van der Waals surface area contributed by atoms with Crippen LogP contribution >= 0.6 is 0 Å². The highest BCUT2D eigenvalue weighted by Crippen LogP contribution is 2.25. The van der Waals surface area contributed by atoms with Gasteiger partial charge in [-0.25, -0.2) is 8.78 Å². The average Bonchev–Trinajstić information content (AvgIpc) is 2.18. The number of aryl methyl sites for hydroxylation is 1. The van der Waals surface area contributed by atoms with Gasteiger partial charge in [-0.2, -0.15) is 0 Å². The predicted octanol–water partition coefficient (Wildman–Crippen LogP) is 2.85. The SMILES string of the molecule is CCC(C(=O)O)c1ccc(C)c(F)c1F. The lowest BCUT2D eigenvalue weighted by atomic mass is 9.95. The number of carboxylic acid groups (broad SMARTS) is 1. The first kappa shape index (κ1) is 11.6. The highest BCUT2D eigenvalue weighted by atomic mass is 19.2. The molecule has 0 radical (unpaired) electrons. The van der Waals surface area contributed by atoms with E-state index in [9.17, 15) is 13.6 Å². The zero-order chi connectivity index (χ0) is 11.6. The minimum Gasteiger partial charge on any atom is -0.481 e. The Kier molecular flexibility index (Phi) is 3.39. The van der Waals surface area contributed by atoms with Gasteiger partial charge in [-0.1, -0.05) is 19.1 Å². The molecule has 1 unspecified atom stereocenters. The molecule has 0 saturated carbocycles. The van der Waals surface area contributed by atoms with E-state index in [1.807, 2.05) is 0 Å². The zero-order valence-electron chi connectivity index (χ0n) is 8.55. The van der Waals surface area contributed by atoms with Crippen molar-refractivity contribution in [1.29, 1.82) is 0 Å². The van der Waals surface area contributed by atoms with Gasteiger partial charge in [0.2, 0.25) is 0 Å². The number of hydrogen-bond acceptors (Lipinski definition) is 1. The van der Waals surface area contributed by atoms with Gasteiger partial charge < -0.3 is 5.11 Å². The van der Waals surface area contributed by atoms with Crippen molar-refractivity contribution in [3.8, 4) is 0 Å². The molecular weight excluding hydrogens is 202 g/mol.